The quantitative estimate of drug-likeness (QED) is 0.863. The SMILES string of the molecule is CC(C)(C)c1nc(Br)cc(Sc2ncn[nH]2)n1. The van der Waals surface area contributed by atoms with Gasteiger partial charge in [0.15, 0.2) is 5.16 Å². The molecule has 0 fully saturated rings. The molecule has 1 N–H and O–H groups in total. The van der Waals surface area contributed by atoms with Gasteiger partial charge < -0.3 is 0 Å². The molecule has 0 saturated carbocycles. The lowest BCUT2D eigenvalue weighted by Crippen LogP contribution is -2.16. The Morgan fingerprint density at radius 3 is 2.65 bits per heavy atom. The van der Waals surface area contributed by atoms with Crippen LogP contribution in [0.2, 0.25) is 0 Å². The molecule has 7 heteroatoms. The van der Waals surface area contributed by atoms with Crippen LogP contribution >= 0.6 is 27.7 Å². The molecule has 90 valence electrons. The average molecular weight is 314 g/mol. The molecule has 2 rings (SSSR count). The highest BCUT2D eigenvalue weighted by Crippen LogP contribution is 2.27. The molecule has 0 amide bonds. The number of rotatable bonds is 2. The van der Waals surface area contributed by atoms with E-state index >= 15 is 0 Å². The molecule has 0 aliphatic carbocycles. The number of hydrogen-bond donors (Lipinski definition) is 1. The van der Waals surface area contributed by atoms with Gasteiger partial charge in [-0.3, -0.25) is 5.10 Å². The number of halogens is 1. The summed E-state index contributed by atoms with van der Waals surface area (Å²) in [4.78, 5) is 12.9. The minimum atomic E-state index is -0.0828. The first-order valence-electron chi connectivity index (χ1n) is 5.03. The summed E-state index contributed by atoms with van der Waals surface area (Å²) in [5.41, 5.74) is -0.0828. The van der Waals surface area contributed by atoms with Gasteiger partial charge in [0, 0.05) is 11.5 Å². The van der Waals surface area contributed by atoms with Crippen molar-refractivity contribution in [1.82, 2.24) is 25.1 Å². The maximum atomic E-state index is 4.51. The maximum Gasteiger partial charge on any atom is 0.189 e. The van der Waals surface area contributed by atoms with Gasteiger partial charge in [-0.15, -0.1) is 0 Å². The number of H-pyrrole nitrogens is 1. The van der Waals surface area contributed by atoms with E-state index in [1.165, 1.54) is 18.1 Å². The minimum Gasteiger partial charge on any atom is -0.254 e. The summed E-state index contributed by atoms with van der Waals surface area (Å²) in [5.74, 6) is 0.800. The van der Waals surface area contributed by atoms with Crippen molar-refractivity contribution in [3.05, 3.63) is 22.8 Å². The second kappa shape index (κ2) is 4.73. The van der Waals surface area contributed by atoms with E-state index in [9.17, 15) is 0 Å². The van der Waals surface area contributed by atoms with Gasteiger partial charge in [-0.05, 0) is 27.7 Å². The van der Waals surface area contributed by atoms with Crippen molar-refractivity contribution in [1.29, 1.82) is 0 Å². The summed E-state index contributed by atoms with van der Waals surface area (Å²) in [7, 11) is 0. The number of aromatic amines is 1. The van der Waals surface area contributed by atoms with E-state index in [0.717, 1.165) is 20.6 Å². The standard InChI is InChI=1S/C10H12BrN5S/c1-10(2,3)8-14-6(11)4-7(15-8)17-9-12-5-13-16-9/h4-5H,1-3H3,(H,12,13,16). The molecule has 2 heterocycles. The van der Waals surface area contributed by atoms with E-state index in [4.69, 9.17) is 0 Å². The lowest BCUT2D eigenvalue weighted by atomic mass is 9.96. The monoisotopic (exact) mass is 313 g/mol. The van der Waals surface area contributed by atoms with E-state index in [0.29, 0.717) is 0 Å². The molecule has 2 aromatic heterocycles. The van der Waals surface area contributed by atoms with Crippen LogP contribution in [0.1, 0.15) is 26.6 Å². The van der Waals surface area contributed by atoms with Crippen LogP contribution in [-0.4, -0.2) is 25.1 Å². The minimum absolute atomic E-state index is 0.0828. The third-order valence-corrected chi connectivity index (χ3v) is 3.15. The Hall–Kier alpha value is -0.950. The highest BCUT2D eigenvalue weighted by Gasteiger charge is 2.19. The van der Waals surface area contributed by atoms with Crippen molar-refractivity contribution < 1.29 is 0 Å². The van der Waals surface area contributed by atoms with Crippen molar-refractivity contribution >= 4 is 27.7 Å². The summed E-state index contributed by atoms with van der Waals surface area (Å²) in [6.07, 6.45) is 1.48. The summed E-state index contributed by atoms with van der Waals surface area (Å²) in [6, 6.07) is 1.86. The van der Waals surface area contributed by atoms with Gasteiger partial charge in [0.1, 0.15) is 21.8 Å². The first-order valence-corrected chi connectivity index (χ1v) is 6.64. The molecule has 0 aliphatic heterocycles. The Morgan fingerprint density at radius 2 is 2.06 bits per heavy atom. The van der Waals surface area contributed by atoms with Crippen LogP contribution in [0.3, 0.4) is 0 Å². The van der Waals surface area contributed by atoms with Crippen molar-refractivity contribution in [2.75, 3.05) is 0 Å². The maximum absolute atomic E-state index is 4.51. The molecule has 0 spiro atoms. The fraction of sp³-hybridized carbons (Fsp3) is 0.400. The Bertz CT molecular complexity index is 506. The second-order valence-electron chi connectivity index (χ2n) is 4.50. The molecule has 2 aromatic rings. The molecule has 5 nitrogen and oxygen atoms in total. The second-order valence-corrected chi connectivity index (χ2v) is 6.32. The zero-order chi connectivity index (χ0) is 12.5. The topological polar surface area (TPSA) is 67.3 Å². The molecule has 0 saturated heterocycles. The molecular formula is C10H12BrN5S. The van der Waals surface area contributed by atoms with Crippen LogP contribution in [0.25, 0.3) is 0 Å². The van der Waals surface area contributed by atoms with Crippen LogP contribution in [0.15, 0.2) is 27.2 Å². The molecule has 0 aromatic carbocycles. The predicted octanol–water partition coefficient (Wildman–Crippen LogP) is 2.81. The lowest BCUT2D eigenvalue weighted by Gasteiger charge is -2.17. The Balaban J connectivity index is 2.32. The first kappa shape index (κ1) is 12.5. The van der Waals surface area contributed by atoms with E-state index in [1.807, 2.05) is 6.07 Å². The van der Waals surface area contributed by atoms with Crippen LogP contribution in [0.4, 0.5) is 0 Å². The fourth-order valence-electron chi connectivity index (χ4n) is 1.13. The van der Waals surface area contributed by atoms with E-state index in [2.05, 4.69) is 61.9 Å². The predicted molar refractivity (Wildman–Crippen MR) is 68.9 cm³/mol. The molecule has 0 bridgehead atoms. The van der Waals surface area contributed by atoms with E-state index in [-0.39, 0.29) is 5.41 Å². The van der Waals surface area contributed by atoms with Gasteiger partial charge in [-0.25, -0.2) is 15.0 Å². The highest BCUT2D eigenvalue weighted by molar-refractivity contribution is 9.10. The molecule has 0 atom stereocenters. The smallest absolute Gasteiger partial charge is 0.189 e. The third-order valence-electron chi connectivity index (χ3n) is 1.94. The van der Waals surface area contributed by atoms with Crippen molar-refractivity contribution in [2.45, 2.75) is 36.4 Å². The lowest BCUT2D eigenvalue weighted by molar-refractivity contribution is 0.536. The van der Waals surface area contributed by atoms with Crippen LogP contribution < -0.4 is 0 Å². The summed E-state index contributed by atoms with van der Waals surface area (Å²) in [6.45, 7) is 6.24. The Kier molecular flexibility index (Phi) is 3.48. The summed E-state index contributed by atoms with van der Waals surface area (Å²) >= 11 is 4.83. The molecular weight excluding hydrogens is 302 g/mol. The van der Waals surface area contributed by atoms with Gasteiger partial charge in [0.2, 0.25) is 0 Å². The van der Waals surface area contributed by atoms with Crippen molar-refractivity contribution in [3.8, 4) is 0 Å². The third kappa shape index (κ3) is 3.26. The molecule has 0 aliphatic rings. The Labute approximate surface area is 112 Å². The summed E-state index contributed by atoms with van der Waals surface area (Å²) in [5, 5.41) is 8.15. The van der Waals surface area contributed by atoms with E-state index < -0.39 is 0 Å². The highest BCUT2D eigenvalue weighted by atomic mass is 79.9. The zero-order valence-corrected chi connectivity index (χ0v) is 12.1. The average Bonchev–Trinajstić information content (AvgIpc) is 2.68. The van der Waals surface area contributed by atoms with E-state index in [1.54, 1.807) is 0 Å². The normalized spacial score (nSPS) is 11.8. The van der Waals surface area contributed by atoms with Crippen LogP contribution in [0.5, 0.6) is 0 Å². The summed E-state index contributed by atoms with van der Waals surface area (Å²) < 4.78 is 0.777. The molecule has 0 unspecified atom stereocenters. The zero-order valence-electron chi connectivity index (χ0n) is 9.73. The molecule has 17 heavy (non-hydrogen) atoms. The van der Waals surface area contributed by atoms with Gasteiger partial charge in [0.05, 0.1) is 0 Å². The number of nitrogens with one attached hydrogen (secondary N) is 1. The van der Waals surface area contributed by atoms with Gasteiger partial charge in [-0.1, -0.05) is 20.8 Å². The largest absolute Gasteiger partial charge is 0.254 e. The molecule has 0 radical (unpaired) electrons. The van der Waals surface area contributed by atoms with Crippen molar-refractivity contribution in [2.24, 2.45) is 0 Å². The fourth-order valence-corrected chi connectivity index (χ4v) is 2.36. The van der Waals surface area contributed by atoms with Crippen molar-refractivity contribution in [3.63, 3.8) is 0 Å². The number of nitrogens with zero attached hydrogens (tertiary/aromatic N) is 4. The Morgan fingerprint density at radius 1 is 1.29 bits per heavy atom. The van der Waals surface area contributed by atoms with Gasteiger partial charge in [-0.2, -0.15) is 5.10 Å². The number of aromatic nitrogens is 5. The number of hydrogen-bond acceptors (Lipinski definition) is 5. The van der Waals surface area contributed by atoms with Crippen LogP contribution in [-0.2, 0) is 5.41 Å². The first-order chi connectivity index (χ1) is 7.95. The van der Waals surface area contributed by atoms with Crippen LogP contribution in [0, 0.1) is 0 Å². The van der Waals surface area contributed by atoms with Gasteiger partial charge in [0.25, 0.3) is 0 Å². The van der Waals surface area contributed by atoms with Gasteiger partial charge >= 0.3 is 0 Å².